The van der Waals surface area contributed by atoms with Crippen LogP contribution in [0, 0.1) is 0 Å². The molecule has 4 heteroatoms. The molecular formula is C13H12HgNS2. The van der Waals surface area contributed by atoms with Crippen LogP contribution >= 0.6 is 22.7 Å². The van der Waals surface area contributed by atoms with Crippen molar-refractivity contribution in [1.29, 1.82) is 0 Å². The average molecular weight is 447 g/mol. The molecule has 2 N–H and O–H groups in total. The zero-order valence-corrected chi connectivity index (χ0v) is 17.0. The molecule has 0 unspecified atom stereocenters. The molecule has 17 heavy (non-hydrogen) atoms. The van der Waals surface area contributed by atoms with Crippen LogP contribution in [-0.4, -0.2) is 0 Å². The molecule has 0 saturated carbocycles. The number of rotatable bonds is 1. The number of thiophene rings is 2. The van der Waals surface area contributed by atoms with Gasteiger partial charge in [-0.25, -0.2) is 0 Å². The maximum absolute atomic E-state index is 5.91. The van der Waals surface area contributed by atoms with Gasteiger partial charge in [0.2, 0.25) is 0 Å². The normalized spacial score (nSPS) is 12.1. The van der Waals surface area contributed by atoms with Crippen molar-refractivity contribution in [2.75, 3.05) is 5.73 Å². The minimum absolute atomic E-state index is 0.628. The van der Waals surface area contributed by atoms with E-state index in [2.05, 4.69) is 32.0 Å². The third-order valence-corrected chi connectivity index (χ3v) is 9.29. The molecule has 0 bridgehead atoms. The SMILES string of the molecule is CC(C)c1cc2cc3sc(N)cc3[c]([Hg])c2s1. The standard InChI is InChI=1S/C13H12NS2.Hg/c1-7(2)10-3-8-4-12-9(5-11(8)15-10)6-13(14)16-12;/h3-4,6-7H,14H2,1-2H3;. The Balaban J connectivity index is 2.40. The van der Waals surface area contributed by atoms with Crippen LogP contribution in [0.5, 0.6) is 0 Å². The van der Waals surface area contributed by atoms with Crippen LogP contribution < -0.4 is 8.81 Å². The number of nitrogen functional groups attached to an aromatic ring is 1. The quantitative estimate of drug-likeness (QED) is 0.562. The van der Waals surface area contributed by atoms with E-state index in [1.165, 1.54) is 25.0 Å². The first-order valence-corrected chi connectivity index (χ1v) is 10.0. The van der Waals surface area contributed by atoms with E-state index < -0.39 is 0 Å². The molecule has 83 valence electrons. The molecule has 3 aromatic rings. The van der Waals surface area contributed by atoms with Crippen LogP contribution in [0.25, 0.3) is 20.2 Å². The third-order valence-electron chi connectivity index (χ3n) is 3.01. The van der Waals surface area contributed by atoms with Gasteiger partial charge in [0.25, 0.3) is 0 Å². The molecule has 0 saturated heterocycles. The number of hydrogen-bond donors (Lipinski definition) is 1. The van der Waals surface area contributed by atoms with E-state index >= 15 is 0 Å². The Labute approximate surface area is 125 Å². The first kappa shape index (κ1) is 11.9. The summed E-state index contributed by atoms with van der Waals surface area (Å²) in [6, 6.07) is 6.82. The molecule has 2 aromatic heterocycles. The van der Waals surface area contributed by atoms with Crippen molar-refractivity contribution in [3.05, 3.63) is 23.1 Å². The summed E-state index contributed by atoms with van der Waals surface area (Å²) in [4.78, 5) is 1.50. The molecule has 0 aliphatic rings. The van der Waals surface area contributed by atoms with Crippen LogP contribution in [0.3, 0.4) is 0 Å². The van der Waals surface area contributed by atoms with E-state index in [1.807, 2.05) is 11.3 Å². The zero-order valence-electron chi connectivity index (χ0n) is 9.91. The molecule has 0 aliphatic carbocycles. The first-order valence-electron chi connectivity index (χ1n) is 5.63. The van der Waals surface area contributed by atoms with E-state index in [-0.39, 0.29) is 0 Å². The minimum atomic E-state index is 0.628. The summed E-state index contributed by atoms with van der Waals surface area (Å²) < 4.78 is 4.43. The molecule has 0 spiro atoms. The van der Waals surface area contributed by atoms with Crippen LogP contribution in [0.15, 0.2) is 18.2 Å². The molecule has 0 fully saturated rings. The first-order chi connectivity index (χ1) is 8.06. The third kappa shape index (κ3) is 1.92. The van der Waals surface area contributed by atoms with Crippen LogP contribution in [-0.2, 0) is 26.1 Å². The molecule has 0 aliphatic heterocycles. The van der Waals surface area contributed by atoms with E-state index in [9.17, 15) is 0 Å². The van der Waals surface area contributed by atoms with Crippen molar-refractivity contribution in [3.63, 3.8) is 0 Å². The van der Waals surface area contributed by atoms with Crippen molar-refractivity contribution in [3.8, 4) is 0 Å². The van der Waals surface area contributed by atoms with Crippen molar-refractivity contribution < 1.29 is 26.1 Å². The fraction of sp³-hybridized carbons (Fsp3) is 0.231. The molecular weight excluding hydrogens is 435 g/mol. The molecule has 1 aromatic carbocycles. The second-order valence-corrected chi connectivity index (χ2v) is 9.59. The van der Waals surface area contributed by atoms with Gasteiger partial charge in [0.15, 0.2) is 0 Å². The van der Waals surface area contributed by atoms with Crippen LogP contribution in [0.1, 0.15) is 24.6 Å². The fourth-order valence-electron chi connectivity index (χ4n) is 2.08. The molecule has 3 rings (SSSR count). The summed E-state index contributed by atoms with van der Waals surface area (Å²) >= 11 is 4.32. The number of fused-ring (bicyclic) bond motifs is 2. The number of benzene rings is 1. The Morgan fingerprint density at radius 2 is 1.94 bits per heavy atom. The van der Waals surface area contributed by atoms with E-state index in [0.29, 0.717) is 32.0 Å². The Bertz CT molecular complexity index is 709. The van der Waals surface area contributed by atoms with E-state index in [0.717, 1.165) is 5.00 Å². The summed E-state index contributed by atoms with van der Waals surface area (Å²) in [5.74, 6) is 0.628. The van der Waals surface area contributed by atoms with Gasteiger partial charge in [-0.1, -0.05) is 0 Å². The number of anilines is 1. The van der Waals surface area contributed by atoms with Crippen LogP contribution in [0.4, 0.5) is 5.00 Å². The number of nitrogens with two attached hydrogens (primary N) is 1. The average Bonchev–Trinajstić information content (AvgIpc) is 2.81. The Kier molecular flexibility index (Phi) is 2.96. The molecule has 0 atom stereocenters. The van der Waals surface area contributed by atoms with Crippen molar-refractivity contribution in [2.45, 2.75) is 19.8 Å². The summed E-state index contributed by atoms with van der Waals surface area (Å²) in [5.41, 5.74) is 5.91. The van der Waals surface area contributed by atoms with Gasteiger partial charge in [-0.2, -0.15) is 0 Å². The maximum atomic E-state index is 5.91. The van der Waals surface area contributed by atoms with Gasteiger partial charge in [-0.3, -0.25) is 0 Å². The zero-order chi connectivity index (χ0) is 12.2. The van der Waals surface area contributed by atoms with Gasteiger partial charge in [0.05, 0.1) is 0 Å². The molecule has 2 heterocycles. The topological polar surface area (TPSA) is 26.0 Å². The molecule has 0 radical (unpaired) electrons. The summed E-state index contributed by atoms with van der Waals surface area (Å²) in [6.45, 7) is 4.53. The Morgan fingerprint density at radius 3 is 2.65 bits per heavy atom. The van der Waals surface area contributed by atoms with Crippen molar-refractivity contribution in [1.82, 2.24) is 0 Å². The number of hydrogen-bond acceptors (Lipinski definition) is 3. The van der Waals surface area contributed by atoms with Gasteiger partial charge in [-0.15, -0.1) is 0 Å². The summed E-state index contributed by atoms with van der Waals surface area (Å²) in [6.07, 6.45) is 0. The Morgan fingerprint density at radius 1 is 1.18 bits per heavy atom. The van der Waals surface area contributed by atoms with Gasteiger partial charge in [-0.05, 0) is 0 Å². The van der Waals surface area contributed by atoms with Gasteiger partial charge < -0.3 is 0 Å². The van der Waals surface area contributed by atoms with Gasteiger partial charge >= 0.3 is 126 Å². The summed E-state index contributed by atoms with van der Waals surface area (Å²) in [5, 5.41) is 3.76. The van der Waals surface area contributed by atoms with E-state index in [4.69, 9.17) is 5.73 Å². The predicted molar refractivity (Wildman–Crippen MR) is 75.3 cm³/mol. The van der Waals surface area contributed by atoms with Gasteiger partial charge in [0.1, 0.15) is 0 Å². The predicted octanol–water partition coefficient (Wildman–Crippen LogP) is 3.99. The van der Waals surface area contributed by atoms with Crippen molar-refractivity contribution in [2.24, 2.45) is 0 Å². The van der Waals surface area contributed by atoms with Crippen molar-refractivity contribution >= 4 is 50.9 Å². The van der Waals surface area contributed by atoms with Gasteiger partial charge in [0, 0.05) is 0 Å². The molecule has 1 nitrogen and oxygen atoms in total. The Hall–Kier alpha value is -0.125. The molecule has 0 amide bonds. The van der Waals surface area contributed by atoms with Crippen LogP contribution in [0.2, 0.25) is 0 Å². The monoisotopic (exact) mass is 448 g/mol. The summed E-state index contributed by atoms with van der Waals surface area (Å²) in [7, 11) is 0. The van der Waals surface area contributed by atoms with E-state index in [1.54, 1.807) is 14.4 Å². The second-order valence-electron chi connectivity index (χ2n) is 4.64. The second kappa shape index (κ2) is 4.21. The fourth-order valence-corrected chi connectivity index (χ4v) is 7.39.